The third-order valence-electron chi connectivity index (χ3n) is 4.70. The van der Waals surface area contributed by atoms with Gasteiger partial charge in [0, 0.05) is 17.5 Å². The van der Waals surface area contributed by atoms with Crippen LogP contribution in [0.1, 0.15) is 5.56 Å². The molecule has 0 aliphatic rings. The largest absolute Gasteiger partial charge is 0.491 e. The van der Waals surface area contributed by atoms with Crippen molar-refractivity contribution < 1.29 is 21.8 Å². The maximum absolute atomic E-state index is 12.2. The summed E-state index contributed by atoms with van der Waals surface area (Å²) < 4.78 is 40.4. The van der Waals surface area contributed by atoms with Gasteiger partial charge in [-0.3, -0.25) is 4.18 Å². The molecule has 1 aromatic heterocycles. The fourth-order valence-corrected chi connectivity index (χ4v) is 4.06. The Kier molecular flexibility index (Phi) is 5.88. The maximum atomic E-state index is 12.2. The Morgan fingerprint density at radius 2 is 1.61 bits per heavy atom. The van der Waals surface area contributed by atoms with Crippen LogP contribution >= 0.6 is 0 Å². The van der Waals surface area contributed by atoms with Gasteiger partial charge in [0.2, 0.25) is 0 Å². The fourth-order valence-electron chi connectivity index (χ4n) is 3.17. The summed E-state index contributed by atoms with van der Waals surface area (Å²) in [6, 6.07) is 22.6. The second-order valence-electron chi connectivity index (χ2n) is 6.94. The van der Waals surface area contributed by atoms with E-state index < -0.39 is 15.7 Å². The second-order valence-corrected chi connectivity index (χ2v) is 8.56. The molecule has 0 spiro atoms. The predicted molar refractivity (Wildman–Crippen MR) is 118 cm³/mol. The average Bonchev–Trinajstić information content (AvgIpc) is 2.77. The lowest BCUT2D eigenvalue weighted by Crippen LogP contribution is -2.13. The van der Waals surface area contributed by atoms with Crippen LogP contribution in [0.2, 0.25) is 0 Å². The fraction of sp³-hybridized carbons (Fsp3) is 0.125. The molecule has 6 nitrogen and oxygen atoms in total. The molecule has 0 amide bonds. The summed E-state index contributed by atoms with van der Waals surface area (Å²) in [6.07, 6.45) is 0. The molecule has 3 aromatic carbocycles. The van der Waals surface area contributed by atoms with Crippen molar-refractivity contribution >= 4 is 21.1 Å². The van der Waals surface area contributed by atoms with Gasteiger partial charge >= 0.3 is 5.63 Å². The predicted octanol–water partition coefficient (Wildman–Crippen LogP) is 4.55. The average molecular weight is 436 g/mol. The summed E-state index contributed by atoms with van der Waals surface area (Å²) in [4.78, 5) is 12.1. The molecular weight excluding hydrogens is 416 g/mol. The van der Waals surface area contributed by atoms with Crippen LogP contribution in [0.3, 0.4) is 0 Å². The molecule has 31 heavy (non-hydrogen) atoms. The molecule has 0 fully saturated rings. The van der Waals surface area contributed by atoms with Crippen LogP contribution in [0.25, 0.3) is 22.1 Å². The van der Waals surface area contributed by atoms with Gasteiger partial charge in [-0.15, -0.1) is 0 Å². The molecule has 0 saturated carbocycles. The van der Waals surface area contributed by atoms with E-state index in [4.69, 9.17) is 13.3 Å². The van der Waals surface area contributed by atoms with Crippen molar-refractivity contribution in [2.45, 2.75) is 11.8 Å². The van der Waals surface area contributed by atoms with Gasteiger partial charge in [-0.1, -0.05) is 48.0 Å². The highest BCUT2D eigenvalue weighted by molar-refractivity contribution is 7.86. The number of fused-ring (bicyclic) bond motifs is 1. The molecule has 4 rings (SSSR count). The zero-order valence-corrected chi connectivity index (χ0v) is 17.6. The van der Waals surface area contributed by atoms with Crippen molar-refractivity contribution in [3.05, 3.63) is 94.8 Å². The molecule has 0 saturated heterocycles. The molecule has 158 valence electrons. The lowest BCUT2D eigenvalue weighted by atomic mass is 10.0. The van der Waals surface area contributed by atoms with E-state index in [1.54, 1.807) is 30.3 Å². The molecule has 0 bridgehead atoms. The number of ether oxygens (including phenoxy) is 1. The van der Waals surface area contributed by atoms with Crippen LogP contribution in [0, 0.1) is 6.92 Å². The Hall–Kier alpha value is -3.42. The summed E-state index contributed by atoms with van der Waals surface area (Å²) in [7, 11) is -3.85. The lowest BCUT2D eigenvalue weighted by Gasteiger charge is -2.10. The number of rotatable bonds is 7. The Balaban J connectivity index is 1.46. The van der Waals surface area contributed by atoms with E-state index in [9.17, 15) is 13.2 Å². The minimum absolute atomic E-state index is 0.0131. The van der Waals surface area contributed by atoms with Gasteiger partial charge in [0.05, 0.1) is 4.90 Å². The van der Waals surface area contributed by atoms with Gasteiger partial charge in [0.15, 0.2) is 0 Å². The van der Waals surface area contributed by atoms with E-state index >= 15 is 0 Å². The first kappa shape index (κ1) is 20.8. The van der Waals surface area contributed by atoms with E-state index in [0.29, 0.717) is 11.3 Å². The molecule has 1 heterocycles. The van der Waals surface area contributed by atoms with Gasteiger partial charge < -0.3 is 9.15 Å². The molecule has 0 N–H and O–H groups in total. The minimum atomic E-state index is -3.85. The van der Waals surface area contributed by atoms with E-state index in [2.05, 4.69) is 0 Å². The van der Waals surface area contributed by atoms with Crippen molar-refractivity contribution in [1.29, 1.82) is 0 Å². The molecular formula is C24H20O6S. The first-order valence-corrected chi connectivity index (χ1v) is 11.1. The van der Waals surface area contributed by atoms with Crippen LogP contribution < -0.4 is 10.4 Å². The third kappa shape index (κ3) is 4.84. The van der Waals surface area contributed by atoms with E-state index in [1.165, 1.54) is 18.2 Å². The van der Waals surface area contributed by atoms with Crippen LogP contribution in [0.5, 0.6) is 5.75 Å². The van der Waals surface area contributed by atoms with Crippen molar-refractivity contribution in [3.8, 4) is 16.9 Å². The van der Waals surface area contributed by atoms with Crippen molar-refractivity contribution in [2.24, 2.45) is 0 Å². The quantitative estimate of drug-likeness (QED) is 0.240. The first-order valence-electron chi connectivity index (χ1n) is 9.65. The molecule has 0 aliphatic carbocycles. The highest BCUT2D eigenvalue weighted by Crippen LogP contribution is 2.29. The van der Waals surface area contributed by atoms with Crippen molar-refractivity contribution in [3.63, 3.8) is 0 Å². The zero-order chi connectivity index (χ0) is 21.8. The summed E-state index contributed by atoms with van der Waals surface area (Å²) in [6.45, 7) is 1.74. The summed E-state index contributed by atoms with van der Waals surface area (Å²) in [5.74, 6) is 0.442. The number of aryl methyl sites for hydroxylation is 1. The molecule has 0 unspecified atom stereocenters. The van der Waals surface area contributed by atoms with Gasteiger partial charge in [-0.2, -0.15) is 8.42 Å². The van der Waals surface area contributed by atoms with E-state index in [-0.39, 0.29) is 18.1 Å². The number of benzene rings is 3. The van der Waals surface area contributed by atoms with Gasteiger partial charge in [0.1, 0.15) is 24.5 Å². The van der Waals surface area contributed by atoms with Crippen LogP contribution in [-0.2, 0) is 14.3 Å². The summed E-state index contributed by atoms with van der Waals surface area (Å²) in [5, 5.41) is 0.774. The standard InChI is InChI=1S/C24H20O6S/c1-17-7-10-20(11-8-17)31(26,27)29-14-13-28-19-9-12-21-22(18-5-3-2-4-6-18)16-24(25)30-23(21)15-19/h2-12,15-16H,13-14H2,1H3. The Bertz CT molecular complexity index is 1360. The Labute approximate surface area is 179 Å². The third-order valence-corrected chi connectivity index (χ3v) is 6.03. The Morgan fingerprint density at radius 1 is 0.871 bits per heavy atom. The van der Waals surface area contributed by atoms with Gasteiger partial charge in [-0.05, 0) is 42.3 Å². The normalized spacial score (nSPS) is 11.5. The van der Waals surface area contributed by atoms with Gasteiger partial charge in [-0.25, -0.2) is 4.79 Å². The smallest absolute Gasteiger partial charge is 0.336 e. The monoisotopic (exact) mass is 436 g/mol. The molecule has 4 aromatic rings. The lowest BCUT2D eigenvalue weighted by molar-refractivity contribution is 0.221. The van der Waals surface area contributed by atoms with Crippen LogP contribution in [0.15, 0.2) is 93.0 Å². The topological polar surface area (TPSA) is 82.8 Å². The van der Waals surface area contributed by atoms with E-state index in [1.807, 2.05) is 37.3 Å². The zero-order valence-electron chi connectivity index (χ0n) is 16.8. The number of hydrogen-bond donors (Lipinski definition) is 0. The summed E-state index contributed by atoms with van der Waals surface area (Å²) in [5.41, 5.74) is 2.56. The van der Waals surface area contributed by atoms with Gasteiger partial charge in [0.25, 0.3) is 10.1 Å². The van der Waals surface area contributed by atoms with E-state index in [0.717, 1.165) is 22.1 Å². The SMILES string of the molecule is Cc1ccc(S(=O)(=O)OCCOc2ccc3c(-c4ccccc4)cc(=O)oc3c2)cc1. The number of hydrogen-bond acceptors (Lipinski definition) is 6. The maximum Gasteiger partial charge on any atom is 0.336 e. The van der Waals surface area contributed by atoms with Crippen molar-refractivity contribution in [1.82, 2.24) is 0 Å². The Morgan fingerprint density at radius 3 is 2.35 bits per heavy atom. The highest BCUT2D eigenvalue weighted by atomic mass is 32.2. The highest BCUT2D eigenvalue weighted by Gasteiger charge is 2.15. The van der Waals surface area contributed by atoms with Crippen LogP contribution in [-0.4, -0.2) is 21.6 Å². The molecule has 0 aliphatic heterocycles. The minimum Gasteiger partial charge on any atom is -0.491 e. The first-order chi connectivity index (χ1) is 14.9. The molecule has 0 radical (unpaired) electrons. The molecule has 0 atom stereocenters. The van der Waals surface area contributed by atoms with Crippen molar-refractivity contribution in [2.75, 3.05) is 13.2 Å². The van der Waals surface area contributed by atoms with Crippen LogP contribution in [0.4, 0.5) is 0 Å². The summed E-state index contributed by atoms with van der Waals surface area (Å²) >= 11 is 0. The second kappa shape index (κ2) is 8.75. The molecule has 7 heteroatoms.